The molecule has 1 aromatic rings. The molecule has 5 nitrogen and oxygen atoms in total. The Bertz CT molecular complexity index is 555. The molecule has 3 N–H and O–H groups in total. The molecule has 0 unspecified atom stereocenters. The van der Waals surface area contributed by atoms with Crippen molar-refractivity contribution in [2.24, 2.45) is 11.1 Å². The third-order valence-electron chi connectivity index (χ3n) is 5.64. The van der Waals surface area contributed by atoms with E-state index < -0.39 is 5.41 Å². The number of nitrogens with two attached hydrogens (primary N) is 1. The summed E-state index contributed by atoms with van der Waals surface area (Å²) in [5.74, 6) is 0.0265. The van der Waals surface area contributed by atoms with Gasteiger partial charge in [0.2, 0.25) is 5.91 Å². The van der Waals surface area contributed by atoms with E-state index in [1.54, 1.807) is 0 Å². The normalized spacial score (nSPS) is 19.9. The molecule has 0 aliphatic carbocycles. The van der Waals surface area contributed by atoms with Crippen LogP contribution in [0.25, 0.3) is 0 Å². The second kappa shape index (κ2) is 11.9. The number of halogens is 2. The molecule has 2 saturated heterocycles. The first-order valence-corrected chi connectivity index (χ1v) is 9.62. The molecule has 2 fully saturated rings. The van der Waals surface area contributed by atoms with Gasteiger partial charge in [-0.05, 0) is 56.5 Å². The van der Waals surface area contributed by atoms with Gasteiger partial charge in [0.05, 0.1) is 5.41 Å². The Hall–Kier alpha value is -0.850. The van der Waals surface area contributed by atoms with Crippen LogP contribution in [0.15, 0.2) is 24.3 Å². The molecule has 2 aliphatic rings. The number of ether oxygens (including phenoxy) is 1. The molecule has 1 amide bonds. The average Bonchev–Trinajstić information content (AvgIpc) is 2.92. The largest absolute Gasteiger partial charge is 0.381 e. The zero-order valence-corrected chi connectivity index (χ0v) is 17.6. The van der Waals surface area contributed by atoms with Crippen LogP contribution in [-0.4, -0.2) is 43.7 Å². The van der Waals surface area contributed by atoms with Gasteiger partial charge in [0.15, 0.2) is 0 Å². The molecular formula is C20H33Cl2N3O2. The van der Waals surface area contributed by atoms with Gasteiger partial charge in [-0.1, -0.05) is 25.0 Å². The number of rotatable bonds is 5. The van der Waals surface area contributed by atoms with Gasteiger partial charge in [-0.3, -0.25) is 9.69 Å². The lowest BCUT2D eigenvalue weighted by molar-refractivity contribution is -0.130. The molecule has 0 atom stereocenters. The van der Waals surface area contributed by atoms with Gasteiger partial charge < -0.3 is 15.8 Å². The Kier molecular flexibility index (Phi) is 10.6. The molecular weight excluding hydrogens is 385 g/mol. The first kappa shape index (κ1) is 24.2. The van der Waals surface area contributed by atoms with Gasteiger partial charge in [0.1, 0.15) is 0 Å². The SMILES string of the molecule is Cl.Cl.NCC1(C(=O)Nc2ccc(CN3CCCCCC3)cc2)CCOCC1. The van der Waals surface area contributed by atoms with E-state index in [0.29, 0.717) is 32.6 Å². The highest BCUT2D eigenvalue weighted by Crippen LogP contribution is 2.31. The number of likely N-dealkylation sites (tertiary alicyclic amines) is 1. The zero-order chi connectivity index (χ0) is 17.5. The number of anilines is 1. The fourth-order valence-corrected chi connectivity index (χ4v) is 3.80. The van der Waals surface area contributed by atoms with Crippen molar-refractivity contribution in [3.63, 3.8) is 0 Å². The number of benzene rings is 1. The maximum absolute atomic E-state index is 12.7. The molecule has 0 radical (unpaired) electrons. The third kappa shape index (κ3) is 6.61. The van der Waals surface area contributed by atoms with Gasteiger partial charge in [-0.25, -0.2) is 0 Å². The highest BCUT2D eigenvalue weighted by Gasteiger charge is 2.38. The first-order valence-electron chi connectivity index (χ1n) is 9.62. The van der Waals surface area contributed by atoms with E-state index in [0.717, 1.165) is 12.2 Å². The molecule has 0 bridgehead atoms. The second-order valence-electron chi connectivity index (χ2n) is 7.44. The number of carbonyl (C=O) groups excluding carboxylic acids is 1. The Morgan fingerprint density at radius 2 is 1.63 bits per heavy atom. The van der Waals surface area contributed by atoms with Crippen LogP contribution < -0.4 is 11.1 Å². The maximum Gasteiger partial charge on any atom is 0.232 e. The van der Waals surface area contributed by atoms with Crippen molar-refractivity contribution in [1.29, 1.82) is 0 Å². The minimum absolute atomic E-state index is 0. The van der Waals surface area contributed by atoms with Crippen LogP contribution in [0.4, 0.5) is 5.69 Å². The van der Waals surface area contributed by atoms with Crippen LogP contribution in [-0.2, 0) is 16.1 Å². The summed E-state index contributed by atoms with van der Waals surface area (Å²) in [5, 5.41) is 3.06. The van der Waals surface area contributed by atoms with Crippen LogP contribution in [0.1, 0.15) is 44.1 Å². The molecule has 0 aromatic heterocycles. The Labute approximate surface area is 175 Å². The van der Waals surface area contributed by atoms with E-state index in [1.807, 2.05) is 12.1 Å². The zero-order valence-electron chi connectivity index (χ0n) is 16.0. The Morgan fingerprint density at radius 3 is 2.19 bits per heavy atom. The number of amides is 1. The second-order valence-corrected chi connectivity index (χ2v) is 7.44. The van der Waals surface area contributed by atoms with Crippen LogP contribution >= 0.6 is 24.8 Å². The standard InChI is InChI=1S/C20H31N3O2.2ClH/c21-16-20(9-13-25-14-10-20)19(24)22-18-7-5-17(6-8-18)15-23-11-3-1-2-4-12-23;;/h5-8H,1-4,9-16,21H2,(H,22,24);2*1H. The van der Waals surface area contributed by atoms with Crippen molar-refractivity contribution in [3.8, 4) is 0 Å². The summed E-state index contributed by atoms with van der Waals surface area (Å²) in [5.41, 5.74) is 7.58. The Morgan fingerprint density at radius 1 is 1.04 bits per heavy atom. The van der Waals surface area contributed by atoms with E-state index >= 15 is 0 Å². The van der Waals surface area contributed by atoms with E-state index in [2.05, 4.69) is 22.3 Å². The minimum Gasteiger partial charge on any atom is -0.381 e. The van der Waals surface area contributed by atoms with E-state index in [4.69, 9.17) is 10.5 Å². The molecule has 2 aliphatic heterocycles. The monoisotopic (exact) mass is 417 g/mol. The van der Waals surface area contributed by atoms with Gasteiger partial charge in [0.25, 0.3) is 0 Å². The average molecular weight is 418 g/mol. The van der Waals surface area contributed by atoms with Crippen LogP contribution in [0.5, 0.6) is 0 Å². The summed E-state index contributed by atoms with van der Waals surface area (Å²) < 4.78 is 5.38. The predicted molar refractivity (Wildman–Crippen MR) is 115 cm³/mol. The number of nitrogens with one attached hydrogen (secondary N) is 1. The summed E-state index contributed by atoms with van der Waals surface area (Å²) >= 11 is 0. The number of hydrogen-bond donors (Lipinski definition) is 2. The van der Waals surface area contributed by atoms with E-state index in [9.17, 15) is 4.79 Å². The van der Waals surface area contributed by atoms with Crippen molar-refractivity contribution in [1.82, 2.24) is 4.90 Å². The van der Waals surface area contributed by atoms with Crippen molar-refractivity contribution in [3.05, 3.63) is 29.8 Å². The maximum atomic E-state index is 12.7. The first-order chi connectivity index (χ1) is 12.2. The highest BCUT2D eigenvalue weighted by atomic mass is 35.5. The van der Waals surface area contributed by atoms with Crippen molar-refractivity contribution in [2.75, 3.05) is 38.2 Å². The minimum atomic E-state index is -0.483. The fraction of sp³-hybridized carbons (Fsp3) is 0.650. The molecule has 154 valence electrons. The summed E-state index contributed by atoms with van der Waals surface area (Å²) in [6, 6.07) is 8.27. The van der Waals surface area contributed by atoms with Gasteiger partial charge >= 0.3 is 0 Å². The molecule has 7 heteroatoms. The van der Waals surface area contributed by atoms with Crippen LogP contribution in [0.2, 0.25) is 0 Å². The summed E-state index contributed by atoms with van der Waals surface area (Å²) in [4.78, 5) is 15.2. The quantitative estimate of drug-likeness (QED) is 0.767. The van der Waals surface area contributed by atoms with Crippen LogP contribution in [0.3, 0.4) is 0 Å². The summed E-state index contributed by atoms with van der Waals surface area (Å²) in [6.45, 7) is 4.98. The molecule has 0 spiro atoms. The lowest BCUT2D eigenvalue weighted by Crippen LogP contribution is -2.46. The lowest BCUT2D eigenvalue weighted by atomic mass is 9.79. The summed E-state index contributed by atoms with van der Waals surface area (Å²) in [6.07, 6.45) is 6.72. The smallest absolute Gasteiger partial charge is 0.232 e. The van der Waals surface area contributed by atoms with Crippen molar-refractivity contribution >= 4 is 36.4 Å². The Balaban J connectivity index is 0.00000182. The number of hydrogen-bond acceptors (Lipinski definition) is 4. The van der Waals surface area contributed by atoms with E-state index in [1.165, 1.54) is 44.3 Å². The summed E-state index contributed by atoms with van der Waals surface area (Å²) in [7, 11) is 0. The van der Waals surface area contributed by atoms with Crippen molar-refractivity contribution < 1.29 is 9.53 Å². The number of carbonyl (C=O) groups is 1. The van der Waals surface area contributed by atoms with Crippen molar-refractivity contribution in [2.45, 2.75) is 45.1 Å². The fourth-order valence-electron chi connectivity index (χ4n) is 3.80. The molecule has 1 aromatic carbocycles. The van der Waals surface area contributed by atoms with Gasteiger partial charge in [0, 0.05) is 32.0 Å². The topological polar surface area (TPSA) is 67.6 Å². The number of nitrogens with zero attached hydrogens (tertiary/aromatic N) is 1. The molecule has 0 saturated carbocycles. The van der Waals surface area contributed by atoms with Gasteiger partial charge in [-0.2, -0.15) is 0 Å². The highest BCUT2D eigenvalue weighted by molar-refractivity contribution is 5.95. The van der Waals surface area contributed by atoms with E-state index in [-0.39, 0.29) is 30.7 Å². The van der Waals surface area contributed by atoms with Crippen LogP contribution in [0, 0.1) is 5.41 Å². The third-order valence-corrected chi connectivity index (χ3v) is 5.64. The predicted octanol–water partition coefficient (Wildman–Crippen LogP) is 3.60. The lowest BCUT2D eigenvalue weighted by Gasteiger charge is -2.34. The molecule has 27 heavy (non-hydrogen) atoms. The van der Waals surface area contributed by atoms with Gasteiger partial charge in [-0.15, -0.1) is 24.8 Å². The molecule has 3 rings (SSSR count). The molecule has 2 heterocycles.